The molecule has 0 radical (unpaired) electrons. The van der Waals surface area contributed by atoms with Gasteiger partial charge in [-0.15, -0.1) is 0 Å². The zero-order valence-corrected chi connectivity index (χ0v) is 11.4. The van der Waals surface area contributed by atoms with Gasteiger partial charge in [0.15, 0.2) is 11.5 Å². The summed E-state index contributed by atoms with van der Waals surface area (Å²) in [6.07, 6.45) is 0. The average molecular weight is 264 g/mol. The number of carbonyl (C=O) groups is 1. The second-order valence-electron chi connectivity index (χ2n) is 4.69. The van der Waals surface area contributed by atoms with Crippen LogP contribution < -0.4 is 20.1 Å². The summed E-state index contributed by atoms with van der Waals surface area (Å²) in [7, 11) is 0. The molecule has 5 nitrogen and oxygen atoms in total. The lowest BCUT2D eigenvalue weighted by Crippen LogP contribution is -2.35. The second kappa shape index (κ2) is 6.43. The first-order valence-electron chi connectivity index (χ1n) is 6.58. The normalized spacial score (nSPS) is 13.4. The molecule has 0 saturated heterocycles. The van der Waals surface area contributed by atoms with Crippen LogP contribution in [0.3, 0.4) is 0 Å². The van der Waals surface area contributed by atoms with E-state index in [0.717, 1.165) is 6.54 Å². The predicted molar refractivity (Wildman–Crippen MR) is 72.9 cm³/mol. The molecule has 1 amide bonds. The van der Waals surface area contributed by atoms with E-state index in [0.29, 0.717) is 42.9 Å². The number of ether oxygens (including phenoxy) is 2. The van der Waals surface area contributed by atoms with Gasteiger partial charge in [-0.3, -0.25) is 4.79 Å². The number of nitrogens with one attached hydrogen (secondary N) is 2. The van der Waals surface area contributed by atoms with Gasteiger partial charge in [-0.25, -0.2) is 0 Å². The fraction of sp³-hybridized carbons (Fsp3) is 0.500. The van der Waals surface area contributed by atoms with Crippen molar-refractivity contribution in [1.82, 2.24) is 10.6 Å². The largest absolute Gasteiger partial charge is 0.486 e. The van der Waals surface area contributed by atoms with Crippen molar-refractivity contribution in [2.24, 2.45) is 0 Å². The van der Waals surface area contributed by atoms with Crippen molar-refractivity contribution < 1.29 is 14.3 Å². The molecule has 19 heavy (non-hydrogen) atoms. The maximum Gasteiger partial charge on any atom is 0.255 e. The smallest absolute Gasteiger partial charge is 0.255 e. The number of carbonyl (C=O) groups excluding carboxylic acids is 1. The standard InChI is InChI=1S/C14H20N2O3/c1-10(2)15-6-7-16-14(17)11-4-3-5-12-13(11)19-9-8-18-12/h3-5,10,15H,6-9H2,1-2H3,(H,16,17). The maximum atomic E-state index is 12.1. The van der Waals surface area contributed by atoms with Gasteiger partial charge in [-0.2, -0.15) is 0 Å². The molecule has 1 aromatic carbocycles. The van der Waals surface area contributed by atoms with Gasteiger partial charge in [0.05, 0.1) is 5.56 Å². The van der Waals surface area contributed by atoms with Crippen molar-refractivity contribution in [3.05, 3.63) is 23.8 Å². The average Bonchev–Trinajstić information content (AvgIpc) is 2.42. The van der Waals surface area contributed by atoms with Crippen molar-refractivity contribution in [1.29, 1.82) is 0 Å². The molecule has 1 heterocycles. The summed E-state index contributed by atoms with van der Waals surface area (Å²) >= 11 is 0. The van der Waals surface area contributed by atoms with Gasteiger partial charge in [-0.05, 0) is 12.1 Å². The predicted octanol–water partition coefficient (Wildman–Crippen LogP) is 1.19. The van der Waals surface area contributed by atoms with Gasteiger partial charge in [0.1, 0.15) is 13.2 Å². The molecule has 2 rings (SSSR count). The topological polar surface area (TPSA) is 59.6 Å². The van der Waals surface area contributed by atoms with Crippen LogP contribution in [0.2, 0.25) is 0 Å². The van der Waals surface area contributed by atoms with E-state index in [-0.39, 0.29) is 5.91 Å². The summed E-state index contributed by atoms with van der Waals surface area (Å²) in [6.45, 7) is 6.47. The molecule has 0 bridgehead atoms. The first-order chi connectivity index (χ1) is 9.18. The third-order valence-electron chi connectivity index (χ3n) is 2.77. The fourth-order valence-corrected chi connectivity index (χ4v) is 1.88. The van der Waals surface area contributed by atoms with Crippen molar-refractivity contribution in [2.75, 3.05) is 26.3 Å². The maximum absolute atomic E-state index is 12.1. The van der Waals surface area contributed by atoms with Crippen LogP contribution in [0.15, 0.2) is 18.2 Å². The molecule has 1 aromatic rings. The minimum absolute atomic E-state index is 0.132. The number of fused-ring (bicyclic) bond motifs is 1. The minimum atomic E-state index is -0.132. The van der Waals surface area contributed by atoms with Gasteiger partial charge in [0.25, 0.3) is 5.91 Å². The summed E-state index contributed by atoms with van der Waals surface area (Å²) in [5, 5.41) is 6.11. The minimum Gasteiger partial charge on any atom is -0.486 e. The third-order valence-corrected chi connectivity index (χ3v) is 2.77. The summed E-state index contributed by atoms with van der Waals surface area (Å²) in [4.78, 5) is 12.1. The molecular formula is C14H20N2O3. The molecule has 0 spiro atoms. The van der Waals surface area contributed by atoms with Crippen LogP contribution in [0, 0.1) is 0 Å². The molecule has 104 valence electrons. The number of para-hydroxylation sites is 1. The number of amides is 1. The van der Waals surface area contributed by atoms with Crippen LogP contribution in [0.1, 0.15) is 24.2 Å². The van der Waals surface area contributed by atoms with E-state index < -0.39 is 0 Å². The van der Waals surface area contributed by atoms with Gasteiger partial charge in [-0.1, -0.05) is 19.9 Å². The number of benzene rings is 1. The third kappa shape index (κ3) is 3.61. The highest BCUT2D eigenvalue weighted by Crippen LogP contribution is 2.33. The van der Waals surface area contributed by atoms with Gasteiger partial charge >= 0.3 is 0 Å². The van der Waals surface area contributed by atoms with E-state index in [9.17, 15) is 4.79 Å². The van der Waals surface area contributed by atoms with Crippen LogP contribution in [0.5, 0.6) is 11.5 Å². The Morgan fingerprint density at radius 1 is 1.26 bits per heavy atom. The Kier molecular flexibility index (Phi) is 4.63. The molecule has 5 heteroatoms. The van der Waals surface area contributed by atoms with Crippen LogP contribution in [-0.2, 0) is 0 Å². The quantitative estimate of drug-likeness (QED) is 0.784. The van der Waals surface area contributed by atoms with E-state index in [1.54, 1.807) is 12.1 Å². The Labute approximate surface area is 113 Å². The molecule has 0 saturated carbocycles. The van der Waals surface area contributed by atoms with Crippen LogP contribution in [0.25, 0.3) is 0 Å². The summed E-state index contributed by atoms with van der Waals surface area (Å²) < 4.78 is 11.0. The second-order valence-corrected chi connectivity index (χ2v) is 4.69. The van der Waals surface area contributed by atoms with Crippen molar-refractivity contribution in [3.63, 3.8) is 0 Å². The zero-order valence-electron chi connectivity index (χ0n) is 11.4. The Balaban J connectivity index is 1.95. The molecule has 0 aromatic heterocycles. The van der Waals surface area contributed by atoms with Gasteiger partial charge in [0.2, 0.25) is 0 Å². The lowest BCUT2D eigenvalue weighted by molar-refractivity contribution is 0.0942. The van der Waals surface area contributed by atoms with Crippen LogP contribution >= 0.6 is 0 Å². The Morgan fingerprint density at radius 2 is 2.05 bits per heavy atom. The first kappa shape index (κ1) is 13.7. The van der Waals surface area contributed by atoms with Gasteiger partial charge < -0.3 is 20.1 Å². The molecule has 0 fully saturated rings. The van der Waals surface area contributed by atoms with Gasteiger partial charge in [0, 0.05) is 19.1 Å². The molecule has 2 N–H and O–H groups in total. The van der Waals surface area contributed by atoms with E-state index in [4.69, 9.17) is 9.47 Å². The lowest BCUT2D eigenvalue weighted by Gasteiger charge is -2.20. The fourth-order valence-electron chi connectivity index (χ4n) is 1.88. The van der Waals surface area contributed by atoms with E-state index in [1.165, 1.54) is 0 Å². The van der Waals surface area contributed by atoms with E-state index in [2.05, 4.69) is 24.5 Å². The molecule has 1 aliphatic rings. The number of hydrogen-bond acceptors (Lipinski definition) is 4. The van der Waals surface area contributed by atoms with Crippen molar-refractivity contribution in [2.45, 2.75) is 19.9 Å². The Bertz CT molecular complexity index is 446. The van der Waals surface area contributed by atoms with E-state index in [1.807, 2.05) is 6.07 Å². The van der Waals surface area contributed by atoms with E-state index >= 15 is 0 Å². The van der Waals surface area contributed by atoms with Crippen LogP contribution in [0.4, 0.5) is 0 Å². The Hall–Kier alpha value is -1.75. The van der Waals surface area contributed by atoms with Crippen molar-refractivity contribution in [3.8, 4) is 11.5 Å². The highest BCUT2D eigenvalue weighted by molar-refractivity contribution is 5.97. The lowest BCUT2D eigenvalue weighted by atomic mass is 10.1. The SMILES string of the molecule is CC(C)NCCNC(=O)c1cccc2c1OCCO2. The van der Waals surface area contributed by atoms with Crippen LogP contribution in [-0.4, -0.2) is 38.3 Å². The number of hydrogen-bond donors (Lipinski definition) is 2. The molecule has 0 unspecified atom stereocenters. The van der Waals surface area contributed by atoms with Crippen molar-refractivity contribution >= 4 is 5.91 Å². The molecule has 1 aliphatic heterocycles. The first-order valence-corrected chi connectivity index (χ1v) is 6.58. The number of rotatable bonds is 5. The summed E-state index contributed by atoms with van der Waals surface area (Å²) in [5.74, 6) is 1.05. The highest BCUT2D eigenvalue weighted by Gasteiger charge is 2.19. The molecular weight excluding hydrogens is 244 g/mol. The highest BCUT2D eigenvalue weighted by atomic mass is 16.6. The summed E-state index contributed by atoms with van der Waals surface area (Å²) in [6, 6.07) is 5.78. The Morgan fingerprint density at radius 3 is 2.84 bits per heavy atom. The zero-order chi connectivity index (χ0) is 13.7. The summed E-state index contributed by atoms with van der Waals surface area (Å²) in [5.41, 5.74) is 0.529. The molecule has 0 atom stereocenters. The molecule has 0 aliphatic carbocycles. The monoisotopic (exact) mass is 264 g/mol.